The van der Waals surface area contributed by atoms with Crippen LogP contribution in [0.15, 0.2) is 36.4 Å². The Morgan fingerprint density at radius 1 is 1.09 bits per heavy atom. The maximum atomic E-state index is 13.6. The van der Waals surface area contributed by atoms with Crippen molar-refractivity contribution in [2.24, 2.45) is 0 Å². The third-order valence-corrected chi connectivity index (χ3v) is 10.6. The number of aryl methyl sites for hydroxylation is 1. The van der Waals surface area contributed by atoms with Crippen molar-refractivity contribution in [3.63, 3.8) is 0 Å². The molecule has 12 heteroatoms. The number of fused-ring (bicyclic) bond motifs is 2. The van der Waals surface area contributed by atoms with Crippen LogP contribution in [0.3, 0.4) is 0 Å². The second kappa shape index (κ2) is 12.2. The molecule has 1 aromatic heterocycles. The molecule has 0 unspecified atom stereocenters. The number of aromatic nitrogens is 2. The molecule has 1 N–H and O–H groups in total. The van der Waals surface area contributed by atoms with E-state index in [9.17, 15) is 20.0 Å². The molecule has 4 aliphatic heterocycles. The minimum atomic E-state index is -1.10. The number of likely N-dealkylation sites (N-methyl/N-ethyl adjacent to an activating group) is 1. The van der Waals surface area contributed by atoms with Crippen LogP contribution in [0.5, 0.6) is 6.01 Å². The topological polar surface area (TPSA) is 129 Å². The summed E-state index contributed by atoms with van der Waals surface area (Å²) in [6.07, 6.45) is 2.00. The molecule has 0 aliphatic carbocycles. The number of ether oxygens (including phenoxy) is 1. The Morgan fingerprint density at radius 2 is 1.89 bits per heavy atom. The van der Waals surface area contributed by atoms with Crippen LogP contribution < -0.4 is 14.5 Å². The van der Waals surface area contributed by atoms with Gasteiger partial charge in [-0.15, -0.1) is 0 Å². The van der Waals surface area contributed by atoms with Crippen molar-refractivity contribution in [1.82, 2.24) is 24.7 Å². The Hall–Kier alpha value is -4.63. The summed E-state index contributed by atoms with van der Waals surface area (Å²) in [5, 5.41) is 21.7. The molecule has 3 aromatic rings. The van der Waals surface area contributed by atoms with Gasteiger partial charge in [0.05, 0.1) is 37.3 Å². The van der Waals surface area contributed by atoms with Gasteiger partial charge in [-0.25, -0.2) is 4.79 Å². The molecule has 0 bridgehead atoms. The lowest BCUT2D eigenvalue weighted by atomic mass is 9.99. The predicted molar refractivity (Wildman–Crippen MR) is 178 cm³/mol. The molecule has 7 rings (SSSR count). The maximum Gasteiger partial charge on any atom is 0.408 e. The summed E-state index contributed by atoms with van der Waals surface area (Å²) in [7, 11) is 2.12. The Balaban J connectivity index is 1.19. The predicted octanol–water partition coefficient (Wildman–Crippen LogP) is 3.66. The van der Waals surface area contributed by atoms with E-state index in [0.29, 0.717) is 44.8 Å². The normalized spacial score (nSPS) is 24.3. The number of benzene rings is 2. The second-order valence-corrected chi connectivity index (χ2v) is 13.6. The first-order valence-corrected chi connectivity index (χ1v) is 16.6. The number of rotatable bonds is 7. The van der Waals surface area contributed by atoms with Crippen LogP contribution in [-0.4, -0.2) is 112 Å². The lowest BCUT2D eigenvalue weighted by Gasteiger charge is -2.43. The Labute approximate surface area is 275 Å². The molecule has 2 aromatic carbocycles. The summed E-state index contributed by atoms with van der Waals surface area (Å²) in [4.78, 5) is 44.9. The van der Waals surface area contributed by atoms with Crippen molar-refractivity contribution < 1.29 is 19.4 Å². The molecule has 3 atom stereocenters. The molecule has 47 heavy (non-hydrogen) atoms. The van der Waals surface area contributed by atoms with Crippen LogP contribution in [0.4, 0.5) is 16.3 Å². The summed E-state index contributed by atoms with van der Waals surface area (Å²) in [5.74, 6) is 0.564. The van der Waals surface area contributed by atoms with E-state index in [-0.39, 0.29) is 18.9 Å². The number of amides is 2. The van der Waals surface area contributed by atoms with Gasteiger partial charge in [-0.1, -0.05) is 30.3 Å². The molecular formula is C35H42N8O4. The molecule has 5 heterocycles. The average molecular weight is 639 g/mol. The first-order chi connectivity index (χ1) is 22.7. The fourth-order valence-corrected chi connectivity index (χ4v) is 7.69. The Morgan fingerprint density at radius 3 is 2.62 bits per heavy atom. The molecular weight excluding hydrogens is 596 g/mol. The Bertz CT molecular complexity index is 1750. The third-order valence-electron chi connectivity index (χ3n) is 10.6. The monoisotopic (exact) mass is 638 g/mol. The van der Waals surface area contributed by atoms with E-state index in [4.69, 9.17) is 14.7 Å². The molecule has 0 spiro atoms. The third kappa shape index (κ3) is 5.67. The van der Waals surface area contributed by atoms with Crippen LogP contribution in [0.25, 0.3) is 10.8 Å². The van der Waals surface area contributed by atoms with Crippen molar-refractivity contribution in [2.45, 2.75) is 63.7 Å². The van der Waals surface area contributed by atoms with Gasteiger partial charge in [-0.2, -0.15) is 15.2 Å². The van der Waals surface area contributed by atoms with E-state index in [2.05, 4.69) is 71.1 Å². The van der Waals surface area contributed by atoms with Gasteiger partial charge in [0.15, 0.2) is 0 Å². The van der Waals surface area contributed by atoms with Crippen molar-refractivity contribution in [3.8, 4) is 12.1 Å². The lowest BCUT2D eigenvalue weighted by Crippen LogP contribution is -2.58. The van der Waals surface area contributed by atoms with Crippen molar-refractivity contribution >= 4 is 34.3 Å². The molecule has 3 saturated heterocycles. The van der Waals surface area contributed by atoms with Gasteiger partial charge >= 0.3 is 12.1 Å². The van der Waals surface area contributed by atoms with Crippen molar-refractivity contribution in [3.05, 3.63) is 53.2 Å². The van der Waals surface area contributed by atoms with Gasteiger partial charge in [0.25, 0.3) is 5.91 Å². The van der Waals surface area contributed by atoms with Gasteiger partial charge in [0, 0.05) is 48.9 Å². The number of anilines is 2. The summed E-state index contributed by atoms with van der Waals surface area (Å²) in [6.45, 7) is 8.26. The molecule has 4 aliphatic rings. The van der Waals surface area contributed by atoms with Crippen LogP contribution in [0.2, 0.25) is 0 Å². The quantitative estimate of drug-likeness (QED) is 0.383. The van der Waals surface area contributed by atoms with Crippen molar-refractivity contribution in [2.75, 3.05) is 62.7 Å². The molecule has 0 radical (unpaired) electrons. The van der Waals surface area contributed by atoms with E-state index in [0.717, 1.165) is 54.3 Å². The molecule has 3 fully saturated rings. The minimum Gasteiger partial charge on any atom is -0.465 e. The number of likely N-dealkylation sites (tertiary alicyclic amines) is 1. The molecule has 0 saturated carbocycles. The Kier molecular flexibility index (Phi) is 8.04. The van der Waals surface area contributed by atoms with Crippen LogP contribution in [0, 0.1) is 18.3 Å². The van der Waals surface area contributed by atoms with Gasteiger partial charge in [0.1, 0.15) is 18.0 Å². The number of piperazine rings is 1. The zero-order valence-electron chi connectivity index (χ0n) is 27.4. The fourth-order valence-electron chi connectivity index (χ4n) is 7.69. The largest absolute Gasteiger partial charge is 0.465 e. The molecule has 2 amide bonds. The standard InChI is InChI=1S/C35H42N8O4/c1-23-7-4-8-24-9-5-11-29(30(23)24)40-16-13-27-28(20-40)37-33(47-21-26-10-6-15-39(26)3)38-31(27)41-17-18-42(25(19-41)12-14-36)32(44)35(2)22-43(35)34(45)46/h4-5,7-9,11,25-26H,6,10,12-13,15-22H2,1-3H3,(H,45,46)/t25-,26-,35-,43?/m0/s1. The highest BCUT2D eigenvalue weighted by Crippen LogP contribution is 2.38. The van der Waals surface area contributed by atoms with E-state index in [1.165, 1.54) is 22.0 Å². The fraction of sp³-hybridized carbons (Fsp3) is 0.514. The number of nitrogens with zero attached hydrogens (tertiary/aromatic N) is 8. The SMILES string of the molecule is Cc1cccc2cccc(N3CCc4c(nc(OC[C@@H]5CCCN5C)nc4N4CCN(C(=O)[C@]5(C)CN5C(=O)O)[C@@H](CC#N)C4)C3)c12. The highest BCUT2D eigenvalue weighted by atomic mass is 16.5. The second-order valence-electron chi connectivity index (χ2n) is 13.6. The number of hydrogen-bond donors (Lipinski definition) is 1. The highest BCUT2D eigenvalue weighted by molar-refractivity contribution is 5.97. The van der Waals surface area contributed by atoms with E-state index >= 15 is 0 Å². The van der Waals surface area contributed by atoms with Crippen LogP contribution in [0.1, 0.15) is 43.0 Å². The zero-order chi connectivity index (χ0) is 32.9. The molecule has 12 nitrogen and oxygen atoms in total. The first kappa shape index (κ1) is 31.0. The highest BCUT2D eigenvalue weighted by Gasteiger charge is 2.59. The summed E-state index contributed by atoms with van der Waals surface area (Å²) >= 11 is 0. The van der Waals surface area contributed by atoms with Crippen LogP contribution >= 0.6 is 0 Å². The van der Waals surface area contributed by atoms with E-state index < -0.39 is 17.7 Å². The van der Waals surface area contributed by atoms with Gasteiger partial charge in [-0.3, -0.25) is 9.69 Å². The zero-order valence-corrected chi connectivity index (χ0v) is 27.4. The van der Waals surface area contributed by atoms with Gasteiger partial charge < -0.3 is 29.4 Å². The number of carbonyl (C=O) groups excluding carboxylic acids is 1. The first-order valence-electron chi connectivity index (χ1n) is 16.6. The van der Waals surface area contributed by atoms with Gasteiger partial charge in [-0.05, 0) is 63.7 Å². The van der Waals surface area contributed by atoms with E-state index in [1.807, 2.05) is 0 Å². The van der Waals surface area contributed by atoms with Crippen LogP contribution in [-0.2, 0) is 17.8 Å². The van der Waals surface area contributed by atoms with Gasteiger partial charge in [0.2, 0.25) is 0 Å². The summed E-state index contributed by atoms with van der Waals surface area (Å²) in [5.41, 5.74) is 3.35. The lowest BCUT2D eigenvalue weighted by molar-refractivity contribution is -0.137. The number of carboxylic acid groups (broad SMARTS) is 1. The minimum absolute atomic E-state index is 0.143. The average Bonchev–Trinajstić information content (AvgIpc) is 3.62. The van der Waals surface area contributed by atoms with E-state index in [1.54, 1.807) is 11.8 Å². The molecule has 246 valence electrons. The maximum absolute atomic E-state index is 13.6. The number of hydrogen-bond acceptors (Lipinski definition) is 9. The summed E-state index contributed by atoms with van der Waals surface area (Å²) < 4.78 is 6.32. The smallest absolute Gasteiger partial charge is 0.408 e. The summed E-state index contributed by atoms with van der Waals surface area (Å²) in [6, 6.07) is 15.4. The number of carbonyl (C=O) groups is 2. The number of nitriles is 1. The van der Waals surface area contributed by atoms with Crippen molar-refractivity contribution in [1.29, 1.82) is 5.26 Å².